The fourth-order valence-corrected chi connectivity index (χ4v) is 4.64. The molecule has 132 valence electrons. The van der Waals surface area contributed by atoms with E-state index in [4.69, 9.17) is 0 Å². The summed E-state index contributed by atoms with van der Waals surface area (Å²) in [6.45, 7) is 5.56. The molecule has 1 unspecified atom stereocenters. The molecular weight excluding hydrogens is 368 g/mol. The number of nitrogens with one attached hydrogen (secondary N) is 1. The number of carbonyl (C=O) groups excluding carboxylic acids is 1. The first kappa shape index (κ1) is 16.9. The van der Waals surface area contributed by atoms with Gasteiger partial charge in [-0.2, -0.15) is 0 Å². The van der Waals surface area contributed by atoms with Gasteiger partial charge in [0.15, 0.2) is 5.13 Å². The zero-order chi connectivity index (χ0) is 18.4. The van der Waals surface area contributed by atoms with Crippen molar-refractivity contribution in [2.24, 2.45) is 0 Å². The summed E-state index contributed by atoms with van der Waals surface area (Å²) in [5.41, 5.74) is 1.57. The van der Waals surface area contributed by atoms with Gasteiger partial charge >= 0.3 is 0 Å². The highest BCUT2D eigenvalue weighted by Crippen LogP contribution is 2.27. The number of para-hydroxylation sites is 1. The highest BCUT2D eigenvalue weighted by molar-refractivity contribution is 7.22. The summed E-state index contributed by atoms with van der Waals surface area (Å²) >= 11 is 2.90. The van der Waals surface area contributed by atoms with Crippen LogP contribution in [-0.2, 0) is 4.79 Å². The highest BCUT2D eigenvalue weighted by atomic mass is 32.1. The van der Waals surface area contributed by atoms with Crippen LogP contribution in [0.4, 0.5) is 5.13 Å². The number of fused-ring (bicyclic) bond motifs is 2. The first-order chi connectivity index (χ1) is 12.5. The van der Waals surface area contributed by atoms with E-state index in [0.29, 0.717) is 15.3 Å². The van der Waals surface area contributed by atoms with Gasteiger partial charge in [0.25, 0.3) is 5.56 Å². The lowest BCUT2D eigenvalue weighted by molar-refractivity contribution is -0.118. The average molecular weight is 384 g/mol. The fraction of sp³-hybridized carbons (Fsp3) is 0.222. The van der Waals surface area contributed by atoms with E-state index >= 15 is 0 Å². The van der Waals surface area contributed by atoms with Crippen LogP contribution in [0.2, 0.25) is 0 Å². The Bertz CT molecular complexity index is 1170. The third-order valence-electron chi connectivity index (χ3n) is 4.44. The lowest BCUT2D eigenvalue weighted by Crippen LogP contribution is -2.31. The topological polar surface area (TPSA) is 76.9 Å². The van der Waals surface area contributed by atoms with E-state index in [9.17, 15) is 9.59 Å². The molecule has 0 spiro atoms. The second-order valence-corrected chi connectivity index (χ2v) is 8.31. The van der Waals surface area contributed by atoms with Gasteiger partial charge in [-0.25, -0.2) is 9.97 Å². The van der Waals surface area contributed by atoms with E-state index in [0.717, 1.165) is 20.7 Å². The zero-order valence-electron chi connectivity index (χ0n) is 14.4. The number of nitrogens with zero attached hydrogens (tertiary/aromatic N) is 3. The highest BCUT2D eigenvalue weighted by Gasteiger charge is 2.21. The lowest BCUT2D eigenvalue weighted by Gasteiger charge is -2.13. The molecular formula is C18H16N4O2S2. The molecule has 26 heavy (non-hydrogen) atoms. The van der Waals surface area contributed by atoms with Crippen LogP contribution in [0.15, 0.2) is 35.4 Å². The largest absolute Gasteiger partial charge is 0.300 e. The molecule has 1 N–H and O–H groups in total. The Hall–Kier alpha value is -2.58. The van der Waals surface area contributed by atoms with Crippen molar-refractivity contribution in [3.8, 4) is 0 Å². The van der Waals surface area contributed by atoms with Crippen LogP contribution in [0.1, 0.15) is 23.4 Å². The molecule has 3 aromatic heterocycles. The molecule has 0 aliphatic rings. The van der Waals surface area contributed by atoms with Gasteiger partial charge in [-0.05, 0) is 38.5 Å². The van der Waals surface area contributed by atoms with Crippen molar-refractivity contribution < 1.29 is 4.79 Å². The molecule has 4 aromatic rings. The summed E-state index contributed by atoms with van der Waals surface area (Å²) in [7, 11) is 0. The SMILES string of the molecule is Cc1sc2ncn(C(C)C(=O)Nc3nc4ccccc4s3)c(=O)c2c1C. The molecule has 1 amide bonds. The molecule has 0 fully saturated rings. The summed E-state index contributed by atoms with van der Waals surface area (Å²) in [6, 6.07) is 7.00. The summed E-state index contributed by atoms with van der Waals surface area (Å²) in [6.07, 6.45) is 1.45. The molecule has 3 heterocycles. The Morgan fingerprint density at radius 2 is 2.00 bits per heavy atom. The number of hydrogen-bond donors (Lipinski definition) is 1. The molecule has 0 aliphatic carbocycles. The number of anilines is 1. The van der Waals surface area contributed by atoms with E-state index in [1.807, 2.05) is 38.1 Å². The Morgan fingerprint density at radius 1 is 1.23 bits per heavy atom. The molecule has 0 radical (unpaired) electrons. The van der Waals surface area contributed by atoms with E-state index in [2.05, 4.69) is 15.3 Å². The number of thiophene rings is 1. The Kier molecular flexibility index (Phi) is 4.08. The van der Waals surface area contributed by atoms with E-state index in [-0.39, 0.29) is 11.5 Å². The van der Waals surface area contributed by atoms with Crippen LogP contribution in [0.5, 0.6) is 0 Å². The Morgan fingerprint density at radius 3 is 2.77 bits per heavy atom. The molecule has 1 aromatic carbocycles. The van der Waals surface area contributed by atoms with Crippen molar-refractivity contribution in [1.82, 2.24) is 14.5 Å². The van der Waals surface area contributed by atoms with Crippen LogP contribution in [0, 0.1) is 13.8 Å². The molecule has 6 nitrogen and oxygen atoms in total. The normalized spacial score (nSPS) is 12.6. The molecule has 0 saturated carbocycles. The van der Waals surface area contributed by atoms with Crippen molar-refractivity contribution in [2.75, 3.05) is 5.32 Å². The van der Waals surface area contributed by atoms with Gasteiger partial charge < -0.3 is 5.32 Å². The third-order valence-corrected chi connectivity index (χ3v) is 6.50. The van der Waals surface area contributed by atoms with E-state index in [1.54, 1.807) is 6.92 Å². The number of benzene rings is 1. The van der Waals surface area contributed by atoms with E-state index < -0.39 is 6.04 Å². The van der Waals surface area contributed by atoms with Crippen LogP contribution in [0.25, 0.3) is 20.4 Å². The summed E-state index contributed by atoms with van der Waals surface area (Å²) in [5, 5.41) is 3.92. The van der Waals surface area contributed by atoms with Gasteiger partial charge in [-0.3, -0.25) is 14.2 Å². The number of aryl methyl sites for hydroxylation is 2. The molecule has 0 aliphatic heterocycles. The van der Waals surface area contributed by atoms with Crippen LogP contribution < -0.4 is 10.9 Å². The van der Waals surface area contributed by atoms with Crippen molar-refractivity contribution in [3.63, 3.8) is 0 Å². The van der Waals surface area contributed by atoms with Crippen molar-refractivity contribution in [3.05, 3.63) is 51.4 Å². The molecule has 8 heteroatoms. The smallest absolute Gasteiger partial charge is 0.263 e. The van der Waals surface area contributed by atoms with Gasteiger partial charge in [0.1, 0.15) is 10.9 Å². The fourth-order valence-electron chi connectivity index (χ4n) is 2.79. The minimum atomic E-state index is -0.689. The standard InChI is InChI=1S/C18H16N4O2S2/c1-9-11(3)25-16-14(9)17(24)22(8-19-16)10(2)15(23)21-18-20-12-6-4-5-7-13(12)26-18/h4-8,10H,1-3H3,(H,20,21,23). The van der Waals surface area contributed by atoms with Gasteiger partial charge in [0.2, 0.25) is 5.91 Å². The van der Waals surface area contributed by atoms with Gasteiger partial charge in [-0.15, -0.1) is 11.3 Å². The zero-order valence-corrected chi connectivity index (χ0v) is 16.1. The maximum Gasteiger partial charge on any atom is 0.263 e. The second-order valence-electron chi connectivity index (χ2n) is 6.07. The number of rotatable bonds is 3. The van der Waals surface area contributed by atoms with Gasteiger partial charge in [0.05, 0.1) is 21.9 Å². The Labute approximate surface area is 157 Å². The van der Waals surface area contributed by atoms with Gasteiger partial charge in [-0.1, -0.05) is 23.5 Å². The number of hydrogen-bond acceptors (Lipinski definition) is 6. The van der Waals surface area contributed by atoms with Crippen LogP contribution in [0.3, 0.4) is 0 Å². The van der Waals surface area contributed by atoms with Crippen LogP contribution in [-0.4, -0.2) is 20.4 Å². The maximum absolute atomic E-state index is 12.8. The third kappa shape index (κ3) is 2.71. The minimum Gasteiger partial charge on any atom is -0.300 e. The van der Waals surface area contributed by atoms with Crippen molar-refractivity contribution in [2.45, 2.75) is 26.8 Å². The summed E-state index contributed by atoms with van der Waals surface area (Å²) < 4.78 is 2.38. The number of carbonyl (C=O) groups is 1. The minimum absolute atomic E-state index is 0.191. The lowest BCUT2D eigenvalue weighted by atomic mass is 10.2. The predicted molar refractivity (Wildman–Crippen MR) is 106 cm³/mol. The number of thiazole rings is 1. The predicted octanol–water partition coefficient (Wildman–Crippen LogP) is 3.88. The Balaban J connectivity index is 1.66. The molecule has 4 rings (SSSR count). The first-order valence-electron chi connectivity index (χ1n) is 8.09. The second kappa shape index (κ2) is 6.30. The average Bonchev–Trinajstić information content (AvgIpc) is 3.15. The van der Waals surface area contributed by atoms with Crippen LogP contribution >= 0.6 is 22.7 Å². The van der Waals surface area contributed by atoms with Crippen molar-refractivity contribution in [1.29, 1.82) is 0 Å². The molecule has 1 atom stereocenters. The maximum atomic E-state index is 12.8. The van der Waals surface area contributed by atoms with Gasteiger partial charge in [0, 0.05) is 4.88 Å². The molecule has 0 saturated heterocycles. The number of aromatic nitrogens is 3. The van der Waals surface area contributed by atoms with E-state index in [1.165, 1.54) is 33.6 Å². The monoisotopic (exact) mass is 384 g/mol. The summed E-state index contributed by atoms with van der Waals surface area (Å²) in [5.74, 6) is -0.295. The summed E-state index contributed by atoms with van der Waals surface area (Å²) in [4.78, 5) is 36.0. The number of amides is 1. The molecule has 0 bridgehead atoms. The first-order valence-corrected chi connectivity index (χ1v) is 9.72. The quantitative estimate of drug-likeness (QED) is 0.581. The van der Waals surface area contributed by atoms with Crippen molar-refractivity contribution >= 4 is 54.1 Å².